The van der Waals surface area contributed by atoms with Gasteiger partial charge in [0.2, 0.25) is 0 Å². The van der Waals surface area contributed by atoms with Crippen LogP contribution in [0.3, 0.4) is 0 Å². The van der Waals surface area contributed by atoms with E-state index in [2.05, 4.69) is 22.6 Å². The lowest BCUT2D eigenvalue weighted by Crippen LogP contribution is -2.05. The number of carbonyl (C=O) groups excluding carboxylic acids is 1. The van der Waals surface area contributed by atoms with Crippen molar-refractivity contribution in [3.63, 3.8) is 0 Å². The van der Waals surface area contributed by atoms with E-state index in [1.165, 1.54) is 0 Å². The predicted octanol–water partition coefficient (Wildman–Crippen LogP) is 3.96. The molecule has 0 fully saturated rings. The molecule has 0 aliphatic rings. The van der Waals surface area contributed by atoms with Gasteiger partial charge in [0.25, 0.3) is 0 Å². The van der Waals surface area contributed by atoms with Crippen molar-refractivity contribution in [2.45, 2.75) is 13.5 Å². The number of benzene rings is 2. The maximum absolute atomic E-state index is 11.9. The Labute approximate surface area is 120 Å². The molecule has 18 heavy (non-hydrogen) atoms. The zero-order valence-corrected chi connectivity index (χ0v) is 12.2. The fraction of sp³-hybridized carbons (Fsp3) is 0.133. The summed E-state index contributed by atoms with van der Waals surface area (Å²) in [5.74, 6) is -0.279. The van der Waals surface area contributed by atoms with Gasteiger partial charge < -0.3 is 4.74 Å². The Morgan fingerprint density at radius 2 is 1.89 bits per heavy atom. The van der Waals surface area contributed by atoms with Crippen LogP contribution in [-0.4, -0.2) is 5.97 Å². The highest BCUT2D eigenvalue weighted by atomic mass is 127. The monoisotopic (exact) mass is 352 g/mol. The Balaban J connectivity index is 2.02. The summed E-state index contributed by atoms with van der Waals surface area (Å²) in [6, 6.07) is 15.2. The molecular formula is C15H13IO2. The van der Waals surface area contributed by atoms with Crippen LogP contribution >= 0.6 is 22.6 Å². The topological polar surface area (TPSA) is 26.3 Å². The molecule has 0 saturated heterocycles. The quantitative estimate of drug-likeness (QED) is 0.618. The smallest absolute Gasteiger partial charge is 0.338 e. The molecule has 0 saturated carbocycles. The Kier molecular flexibility index (Phi) is 4.36. The molecule has 0 radical (unpaired) electrons. The van der Waals surface area contributed by atoms with Crippen molar-refractivity contribution >= 4 is 28.6 Å². The zero-order chi connectivity index (χ0) is 13.0. The minimum absolute atomic E-state index is 0.279. The molecule has 0 heterocycles. The third-order valence-corrected chi connectivity index (χ3v) is 3.82. The molecule has 0 unspecified atom stereocenters. The summed E-state index contributed by atoms with van der Waals surface area (Å²) >= 11 is 2.24. The second-order valence-electron chi connectivity index (χ2n) is 4.03. The first kappa shape index (κ1) is 13.1. The number of ether oxygens (including phenoxy) is 1. The first-order valence-corrected chi connectivity index (χ1v) is 6.72. The van der Waals surface area contributed by atoms with Crippen molar-refractivity contribution in [2.24, 2.45) is 0 Å². The molecule has 0 bridgehead atoms. The first-order chi connectivity index (χ1) is 8.66. The molecular weight excluding hydrogens is 339 g/mol. The second-order valence-corrected chi connectivity index (χ2v) is 5.19. The number of esters is 1. The van der Waals surface area contributed by atoms with Crippen molar-refractivity contribution in [2.75, 3.05) is 0 Å². The van der Waals surface area contributed by atoms with Gasteiger partial charge in [0, 0.05) is 3.57 Å². The highest BCUT2D eigenvalue weighted by Crippen LogP contribution is 2.14. The molecule has 92 valence electrons. The first-order valence-electron chi connectivity index (χ1n) is 5.64. The molecule has 0 aromatic heterocycles. The summed E-state index contributed by atoms with van der Waals surface area (Å²) in [5, 5.41) is 0. The number of carbonyl (C=O) groups is 1. The van der Waals surface area contributed by atoms with Crippen molar-refractivity contribution < 1.29 is 9.53 Å². The molecule has 0 aliphatic heterocycles. The third-order valence-electron chi connectivity index (χ3n) is 2.61. The molecule has 0 N–H and O–H groups in total. The van der Waals surface area contributed by atoms with Crippen molar-refractivity contribution in [3.8, 4) is 0 Å². The average molecular weight is 352 g/mol. The van der Waals surface area contributed by atoms with Crippen molar-refractivity contribution in [1.29, 1.82) is 0 Å². The fourth-order valence-corrected chi connectivity index (χ4v) is 1.91. The third kappa shape index (κ3) is 3.32. The average Bonchev–Trinajstić information content (AvgIpc) is 2.40. The Hall–Kier alpha value is -1.36. The number of halogens is 1. The van der Waals surface area contributed by atoms with E-state index in [4.69, 9.17) is 4.74 Å². The van der Waals surface area contributed by atoms with Crippen LogP contribution in [0.5, 0.6) is 0 Å². The van der Waals surface area contributed by atoms with Crippen LogP contribution < -0.4 is 0 Å². The highest BCUT2D eigenvalue weighted by Gasteiger charge is 2.08. The summed E-state index contributed by atoms with van der Waals surface area (Å²) in [6.45, 7) is 2.29. The van der Waals surface area contributed by atoms with E-state index in [0.717, 1.165) is 14.7 Å². The number of aryl methyl sites for hydroxylation is 1. The van der Waals surface area contributed by atoms with Gasteiger partial charge in [0.05, 0.1) is 5.56 Å². The van der Waals surface area contributed by atoms with Gasteiger partial charge in [-0.1, -0.05) is 30.3 Å². The highest BCUT2D eigenvalue weighted by molar-refractivity contribution is 14.1. The predicted molar refractivity (Wildman–Crippen MR) is 79.5 cm³/mol. The molecule has 2 aromatic carbocycles. The largest absolute Gasteiger partial charge is 0.457 e. The van der Waals surface area contributed by atoms with Gasteiger partial charge >= 0.3 is 5.97 Å². The molecule has 2 nitrogen and oxygen atoms in total. The van der Waals surface area contributed by atoms with Crippen molar-refractivity contribution in [3.05, 3.63) is 68.8 Å². The van der Waals surface area contributed by atoms with E-state index in [-0.39, 0.29) is 5.97 Å². The van der Waals surface area contributed by atoms with Crippen LogP contribution in [0.2, 0.25) is 0 Å². The van der Waals surface area contributed by atoms with Crippen LogP contribution in [0, 0.1) is 10.5 Å². The maximum Gasteiger partial charge on any atom is 0.338 e. The standard InChI is InChI=1S/C15H13IO2/c1-11-9-13(7-8-14(11)16)15(17)18-10-12-5-3-2-4-6-12/h2-9H,10H2,1H3. The summed E-state index contributed by atoms with van der Waals surface area (Å²) < 4.78 is 6.41. The van der Waals surface area contributed by atoms with Gasteiger partial charge in [0.15, 0.2) is 0 Å². The van der Waals surface area contributed by atoms with E-state index in [1.807, 2.05) is 49.4 Å². The van der Waals surface area contributed by atoms with Crippen LogP contribution in [0.25, 0.3) is 0 Å². The SMILES string of the molecule is Cc1cc(C(=O)OCc2ccccc2)ccc1I. The van der Waals surface area contributed by atoms with E-state index < -0.39 is 0 Å². The molecule has 2 rings (SSSR count). The lowest BCUT2D eigenvalue weighted by molar-refractivity contribution is 0.0472. The molecule has 0 atom stereocenters. The zero-order valence-electron chi connectivity index (χ0n) is 10.0. The summed E-state index contributed by atoms with van der Waals surface area (Å²) in [5.41, 5.74) is 2.68. The van der Waals surface area contributed by atoms with E-state index >= 15 is 0 Å². The summed E-state index contributed by atoms with van der Waals surface area (Å²) in [7, 11) is 0. The van der Waals surface area contributed by atoms with Crippen LogP contribution in [0.1, 0.15) is 21.5 Å². The normalized spacial score (nSPS) is 10.1. The molecule has 0 spiro atoms. The van der Waals surface area contributed by atoms with Crippen LogP contribution in [0.15, 0.2) is 48.5 Å². The molecule has 3 heteroatoms. The van der Waals surface area contributed by atoms with Gasteiger partial charge in [-0.15, -0.1) is 0 Å². The summed E-state index contributed by atoms with van der Waals surface area (Å²) in [6.07, 6.45) is 0. The summed E-state index contributed by atoms with van der Waals surface area (Å²) in [4.78, 5) is 11.9. The van der Waals surface area contributed by atoms with E-state index in [9.17, 15) is 4.79 Å². The lowest BCUT2D eigenvalue weighted by atomic mass is 10.1. The Morgan fingerprint density at radius 1 is 1.17 bits per heavy atom. The Morgan fingerprint density at radius 3 is 2.56 bits per heavy atom. The molecule has 2 aromatic rings. The van der Waals surface area contributed by atoms with Gasteiger partial charge in [-0.25, -0.2) is 4.79 Å². The van der Waals surface area contributed by atoms with Crippen molar-refractivity contribution in [1.82, 2.24) is 0 Å². The number of hydrogen-bond donors (Lipinski definition) is 0. The fourth-order valence-electron chi connectivity index (χ4n) is 1.58. The minimum atomic E-state index is -0.279. The van der Waals surface area contributed by atoms with Gasteiger partial charge in [-0.05, 0) is 58.8 Å². The minimum Gasteiger partial charge on any atom is -0.457 e. The van der Waals surface area contributed by atoms with Crippen LogP contribution in [0.4, 0.5) is 0 Å². The maximum atomic E-state index is 11.9. The van der Waals surface area contributed by atoms with Gasteiger partial charge in [0.1, 0.15) is 6.61 Å². The molecule has 0 amide bonds. The second kappa shape index (κ2) is 6.00. The van der Waals surface area contributed by atoms with Crippen LogP contribution in [-0.2, 0) is 11.3 Å². The lowest BCUT2D eigenvalue weighted by Gasteiger charge is -2.06. The number of hydrogen-bond acceptors (Lipinski definition) is 2. The van der Waals surface area contributed by atoms with E-state index in [1.54, 1.807) is 6.07 Å². The Bertz CT molecular complexity index is 550. The number of rotatable bonds is 3. The molecule has 0 aliphatic carbocycles. The van der Waals surface area contributed by atoms with Gasteiger partial charge in [-0.3, -0.25) is 0 Å². The van der Waals surface area contributed by atoms with E-state index in [0.29, 0.717) is 12.2 Å². The van der Waals surface area contributed by atoms with Gasteiger partial charge in [-0.2, -0.15) is 0 Å².